The fourth-order valence-electron chi connectivity index (χ4n) is 7.89. The van der Waals surface area contributed by atoms with Gasteiger partial charge in [-0.3, -0.25) is 4.90 Å². The molecular weight excluding hydrogens is 380 g/mol. The molecule has 0 aromatic heterocycles. The smallest absolute Gasteiger partial charge is 0.111 e. The van der Waals surface area contributed by atoms with Crippen molar-refractivity contribution < 1.29 is 10.2 Å². The van der Waals surface area contributed by atoms with Gasteiger partial charge >= 0.3 is 0 Å². The van der Waals surface area contributed by atoms with Gasteiger partial charge in [0.2, 0.25) is 0 Å². The van der Waals surface area contributed by atoms with E-state index in [4.69, 9.17) is 0 Å². The van der Waals surface area contributed by atoms with Crippen LogP contribution in [0.2, 0.25) is 0 Å². The summed E-state index contributed by atoms with van der Waals surface area (Å²) in [5.74, 6) is 1.09. The summed E-state index contributed by atoms with van der Waals surface area (Å²) in [5, 5.41) is 22.7. The fraction of sp³-hybridized carbons (Fsp3) is 0.700. The Morgan fingerprint density at radius 2 is 2.08 bits per heavy atom. The maximum absolute atomic E-state index is 11.7. The number of fused-ring (bicyclic) bond motifs is 2. The Labute approximate surface area is 156 Å². The van der Waals surface area contributed by atoms with Crippen molar-refractivity contribution in [1.29, 1.82) is 0 Å². The van der Waals surface area contributed by atoms with Crippen LogP contribution in [0.15, 0.2) is 22.7 Å². The molecule has 5 fully saturated rings. The van der Waals surface area contributed by atoms with E-state index in [1.54, 1.807) is 0 Å². The molecule has 4 nitrogen and oxygen atoms in total. The zero-order chi connectivity index (χ0) is 17.2. The highest BCUT2D eigenvalue weighted by Gasteiger charge is 2.76. The minimum Gasteiger partial charge on any atom is -0.392 e. The summed E-state index contributed by atoms with van der Waals surface area (Å²) in [6.45, 7) is 2.19. The molecule has 7 rings (SSSR count). The molecule has 1 aromatic carbocycles. The number of piperidine rings is 4. The number of halogens is 1. The van der Waals surface area contributed by atoms with Gasteiger partial charge in [0.1, 0.15) is 6.23 Å². The van der Waals surface area contributed by atoms with Gasteiger partial charge in [-0.2, -0.15) is 0 Å². The normalized spacial score (nSPS) is 54.1. The summed E-state index contributed by atoms with van der Waals surface area (Å²) >= 11 is 3.65. The number of hydrogen-bond donors (Lipinski definition) is 2. The Hall–Kier alpha value is -0.620. The van der Waals surface area contributed by atoms with Crippen LogP contribution in [-0.2, 0) is 5.41 Å². The van der Waals surface area contributed by atoms with Crippen molar-refractivity contribution in [3.05, 3.63) is 28.2 Å². The number of nitrogens with zero attached hydrogens (tertiary/aromatic N) is 2. The minimum absolute atomic E-state index is 0.165. The minimum atomic E-state index is -0.331. The molecule has 6 aliphatic rings. The zero-order valence-corrected chi connectivity index (χ0v) is 16.2. The summed E-state index contributed by atoms with van der Waals surface area (Å²) in [5.41, 5.74) is 2.42. The van der Waals surface area contributed by atoms with Gasteiger partial charge in [0, 0.05) is 46.5 Å². The van der Waals surface area contributed by atoms with Gasteiger partial charge in [0.25, 0.3) is 0 Å². The molecule has 1 aliphatic carbocycles. The number of hydrogen-bond acceptors (Lipinski definition) is 4. The molecule has 0 amide bonds. The van der Waals surface area contributed by atoms with Crippen LogP contribution >= 0.6 is 15.9 Å². The second-order valence-corrected chi connectivity index (χ2v) is 9.87. The van der Waals surface area contributed by atoms with Gasteiger partial charge in [-0.25, -0.2) is 0 Å². The summed E-state index contributed by atoms with van der Waals surface area (Å²) in [7, 11) is 2.18. The Bertz CT molecular complexity index is 772. The maximum Gasteiger partial charge on any atom is 0.111 e. The molecule has 2 N–H and O–H groups in total. The van der Waals surface area contributed by atoms with Gasteiger partial charge in [0.15, 0.2) is 0 Å². The zero-order valence-electron chi connectivity index (χ0n) is 14.6. The van der Waals surface area contributed by atoms with Crippen molar-refractivity contribution in [2.45, 2.75) is 62.1 Å². The number of aliphatic hydroxyl groups excluding tert-OH is 2. The van der Waals surface area contributed by atoms with Crippen LogP contribution in [0.5, 0.6) is 0 Å². The Morgan fingerprint density at radius 1 is 1.28 bits per heavy atom. The molecule has 1 saturated carbocycles. The first-order valence-corrected chi connectivity index (χ1v) is 10.5. The Morgan fingerprint density at radius 3 is 2.84 bits per heavy atom. The molecule has 25 heavy (non-hydrogen) atoms. The fourth-order valence-corrected chi connectivity index (χ4v) is 8.26. The van der Waals surface area contributed by atoms with E-state index in [2.05, 4.69) is 57.9 Å². The molecule has 1 aromatic rings. The van der Waals surface area contributed by atoms with Gasteiger partial charge in [-0.1, -0.05) is 22.9 Å². The molecule has 4 saturated heterocycles. The van der Waals surface area contributed by atoms with Crippen LogP contribution < -0.4 is 4.90 Å². The summed E-state index contributed by atoms with van der Waals surface area (Å²) in [6.07, 6.45) is 2.47. The molecule has 1 spiro atoms. The van der Waals surface area contributed by atoms with Gasteiger partial charge < -0.3 is 15.1 Å². The van der Waals surface area contributed by atoms with E-state index in [9.17, 15) is 10.2 Å². The lowest BCUT2D eigenvalue weighted by Crippen LogP contribution is -2.72. The largest absolute Gasteiger partial charge is 0.392 e. The first-order valence-electron chi connectivity index (χ1n) is 9.67. The Kier molecular flexibility index (Phi) is 2.85. The molecule has 5 heteroatoms. The Balaban J connectivity index is 1.59. The first-order chi connectivity index (χ1) is 12.0. The van der Waals surface area contributed by atoms with Crippen molar-refractivity contribution in [3.63, 3.8) is 0 Å². The molecular formula is C20H25BrN2O2. The van der Waals surface area contributed by atoms with E-state index >= 15 is 0 Å². The van der Waals surface area contributed by atoms with Crippen LogP contribution in [0.4, 0.5) is 5.69 Å². The third kappa shape index (κ3) is 1.47. The van der Waals surface area contributed by atoms with Crippen molar-refractivity contribution >= 4 is 21.6 Å². The quantitative estimate of drug-likeness (QED) is 0.753. The van der Waals surface area contributed by atoms with E-state index in [1.165, 1.54) is 11.3 Å². The molecule has 5 bridgehead atoms. The van der Waals surface area contributed by atoms with E-state index in [0.29, 0.717) is 29.8 Å². The predicted molar refractivity (Wildman–Crippen MR) is 99.4 cm³/mol. The lowest BCUT2D eigenvalue weighted by atomic mass is 9.62. The number of aliphatic hydroxyl groups is 2. The van der Waals surface area contributed by atoms with Crippen molar-refractivity contribution in [3.8, 4) is 0 Å². The number of rotatable bonds is 1. The summed E-state index contributed by atoms with van der Waals surface area (Å²) in [6, 6.07) is 7.50. The number of anilines is 1. The lowest BCUT2D eigenvalue weighted by molar-refractivity contribution is -0.211. The van der Waals surface area contributed by atoms with Gasteiger partial charge in [-0.05, 0) is 48.9 Å². The van der Waals surface area contributed by atoms with Crippen molar-refractivity contribution in [1.82, 2.24) is 4.90 Å². The molecule has 5 heterocycles. The predicted octanol–water partition coefficient (Wildman–Crippen LogP) is 2.32. The molecule has 3 unspecified atom stereocenters. The molecule has 10 atom stereocenters. The van der Waals surface area contributed by atoms with Gasteiger partial charge in [-0.15, -0.1) is 0 Å². The third-order valence-corrected chi connectivity index (χ3v) is 9.01. The molecule has 5 aliphatic heterocycles. The standard InChI is InChI=1S/C20H25BrN2O2/c1-3-10-11-7-14-17-20(12-6-9(21)4-5-13(12)22(17)2)8-15(16(11)18(20)24)23(14)19(10)25/h4-6,10-11,14-19,24-25H,3,7-8H2,1-2H3/t10-,11+,14+,15+,16?,17+,18?,19+,20-/m1/s1. The summed E-state index contributed by atoms with van der Waals surface area (Å²) < 4.78 is 1.10. The van der Waals surface area contributed by atoms with Gasteiger partial charge in [0.05, 0.1) is 12.1 Å². The van der Waals surface area contributed by atoms with E-state index in [-0.39, 0.29) is 23.8 Å². The maximum atomic E-state index is 11.7. The van der Waals surface area contributed by atoms with Crippen LogP contribution in [0.1, 0.15) is 31.7 Å². The van der Waals surface area contributed by atoms with Crippen LogP contribution in [0, 0.1) is 17.8 Å². The average molecular weight is 405 g/mol. The van der Waals surface area contributed by atoms with Crippen molar-refractivity contribution in [2.75, 3.05) is 11.9 Å². The van der Waals surface area contributed by atoms with Crippen LogP contribution in [0.3, 0.4) is 0 Å². The summed E-state index contributed by atoms with van der Waals surface area (Å²) in [4.78, 5) is 4.82. The highest BCUT2D eigenvalue weighted by Crippen LogP contribution is 2.69. The second-order valence-electron chi connectivity index (χ2n) is 8.95. The van der Waals surface area contributed by atoms with E-state index < -0.39 is 0 Å². The highest BCUT2D eigenvalue weighted by atomic mass is 79.9. The molecule has 0 radical (unpaired) electrons. The van der Waals surface area contributed by atoms with Crippen LogP contribution in [0.25, 0.3) is 0 Å². The lowest BCUT2D eigenvalue weighted by Gasteiger charge is -2.62. The number of benzene rings is 1. The van der Waals surface area contributed by atoms with E-state index in [1.807, 2.05) is 0 Å². The average Bonchev–Trinajstić information content (AvgIpc) is 2.96. The third-order valence-electron chi connectivity index (χ3n) is 8.52. The first kappa shape index (κ1) is 15.4. The highest BCUT2D eigenvalue weighted by molar-refractivity contribution is 9.10. The molecule has 134 valence electrons. The second kappa shape index (κ2) is 4.61. The SMILES string of the molecule is CC[C@@H]1[C@@H]2C[C@H]3[C@@H]4N(C)c5ccc(Br)cc5[C@]45C[C@@H](C2C5O)N3[C@H]1O. The van der Waals surface area contributed by atoms with Crippen molar-refractivity contribution in [2.24, 2.45) is 17.8 Å². The van der Waals surface area contributed by atoms with Crippen LogP contribution in [-0.4, -0.2) is 52.6 Å². The monoisotopic (exact) mass is 404 g/mol. The van der Waals surface area contributed by atoms with E-state index in [0.717, 1.165) is 23.7 Å². The number of likely N-dealkylation sites (N-methyl/N-ethyl adjacent to an activating group) is 1. The topological polar surface area (TPSA) is 46.9 Å².